The van der Waals surface area contributed by atoms with Crippen LogP contribution in [-0.4, -0.2) is 19.9 Å². The van der Waals surface area contributed by atoms with Gasteiger partial charge in [0.2, 0.25) is 5.43 Å². The third kappa shape index (κ3) is 5.22. The average Bonchev–Trinajstić information content (AvgIpc) is 3.18. The Kier molecular flexibility index (Phi) is 6.84. The number of hydrogen-bond donors (Lipinski definition) is 0. The molecule has 0 N–H and O–H groups in total. The van der Waals surface area contributed by atoms with Crippen LogP contribution in [0.1, 0.15) is 0 Å². The number of hydrogen-bond acceptors (Lipinski definition) is 6. The lowest BCUT2D eigenvalue weighted by Crippen LogP contribution is -2.01. The van der Waals surface area contributed by atoms with Crippen molar-refractivity contribution in [3.8, 4) is 56.4 Å². The van der Waals surface area contributed by atoms with Crippen LogP contribution in [0, 0.1) is 0 Å². The summed E-state index contributed by atoms with van der Waals surface area (Å²) in [5.74, 6) is 1.74. The van der Waals surface area contributed by atoms with E-state index in [1.54, 1.807) is 12.3 Å². The van der Waals surface area contributed by atoms with Gasteiger partial charge in [-0.15, -0.1) is 0 Å². The van der Waals surface area contributed by atoms with Crippen LogP contribution in [0.4, 0.5) is 0 Å². The van der Waals surface area contributed by atoms with E-state index in [0.29, 0.717) is 39.4 Å². The normalized spacial score (nSPS) is 11.3. The zero-order chi connectivity index (χ0) is 32.7. The SMILES string of the molecule is O=c1c2ccccc2oc2cc(-c3cccc(-c4cccc(-c5nc(-c6ccccc6)nc(-c6cccc7cccnc67)n5)c4)c3)ccc12. The molecule has 3 heterocycles. The van der Waals surface area contributed by atoms with E-state index in [0.717, 1.165) is 49.8 Å². The molecule has 0 fully saturated rings. The van der Waals surface area contributed by atoms with Crippen LogP contribution in [0.5, 0.6) is 0 Å². The first-order valence-electron chi connectivity index (χ1n) is 16.0. The fourth-order valence-corrected chi connectivity index (χ4v) is 6.32. The summed E-state index contributed by atoms with van der Waals surface area (Å²) < 4.78 is 6.15. The first kappa shape index (κ1) is 28.4. The van der Waals surface area contributed by atoms with Gasteiger partial charge in [0.15, 0.2) is 17.5 Å². The molecule has 6 aromatic carbocycles. The van der Waals surface area contributed by atoms with Crippen LogP contribution >= 0.6 is 0 Å². The Morgan fingerprint density at radius 3 is 1.84 bits per heavy atom. The molecular formula is C43H26N4O2. The van der Waals surface area contributed by atoms with E-state index in [9.17, 15) is 4.79 Å². The van der Waals surface area contributed by atoms with Gasteiger partial charge in [-0.05, 0) is 70.8 Å². The Morgan fingerprint density at radius 1 is 0.429 bits per heavy atom. The van der Waals surface area contributed by atoms with Gasteiger partial charge in [-0.3, -0.25) is 9.78 Å². The number of nitrogens with zero attached hydrogens (tertiary/aromatic N) is 4. The van der Waals surface area contributed by atoms with E-state index < -0.39 is 0 Å². The molecule has 9 rings (SSSR count). The van der Waals surface area contributed by atoms with Gasteiger partial charge < -0.3 is 4.42 Å². The van der Waals surface area contributed by atoms with Gasteiger partial charge in [0, 0.05) is 28.3 Å². The number of aromatic nitrogens is 4. The van der Waals surface area contributed by atoms with E-state index in [-0.39, 0.29) is 5.43 Å². The first-order chi connectivity index (χ1) is 24.2. The smallest absolute Gasteiger partial charge is 0.200 e. The second-order valence-electron chi connectivity index (χ2n) is 11.9. The average molecular weight is 631 g/mol. The van der Waals surface area contributed by atoms with Gasteiger partial charge in [-0.1, -0.05) is 103 Å². The monoisotopic (exact) mass is 630 g/mol. The molecule has 0 radical (unpaired) electrons. The summed E-state index contributed by atoms with van der Waals surface area (Å²) in [6.07, 6.45) is 1.79. The molecule has 0 unspecified atom stereocenters. The van der Waals surface area contributed by atoms with Crippen LogP contribution in [0.3, 0.4) is 0 Å². The van der Waals surface area contributed by atoms with Crippen molar-refractivity contribution >= 4 is 32.8 Å². The number of pyridine rings is 1. The predicted molar refractivity (Wildman–Crippen MR) is 196 cm³/mol. The Bertz CT molecular complexity index is 2750. The van der Waals surface area contributed by atoms with Gasteiger partial charge in [0.25, 0.3) is 0 Å². The number of fused-ring (bicyclic) bond motifs is 3. The van der Waals surface area contributed by atoms with Gasteiger partial charge in [-0.2, -0.15) is 0 Å². The Hall–Kier alpha value is -6.79. The van der Waals surface area contributed by atoms with Crippen LogP contribution in [0.25, 0.3) is 89.3 Å². The van der Waals surface area contributed by atoms with Crippen LogP contribution in [0.2, 0.25) is 0 Å². The Balaban J connectivity index is 1.14. The summed E-state index contributed by atoms with van der Waals surface area (Å²) in [7, 11) is 0. The lowest BCUT2D eigenvalue weighted by molar-refractivity contribution is 0.660. The second kappa shape index (κ2) is 11.8. The highest BCUT2D eigenvalue weighted by atomic mass is 16.3. The molecule has 230 valence electrons. The minimum atomic E-state index is -0.0254. The van der Waals surface area contributed by atoms with E-state index in [1.807, 2.05) is 115 Å². The van der Waals surface area contributed by atoms with Crippen molar-refractivity contribution in [2.24, 2.45) is 0 Å². The lowest BCUT2D eigenvalue weighted by Gasteiger charge is -2.11. The van der Waals surface area contributed by atoms with Crippen LogP contribution in [-0.2, 0) is 0 Å². The summed E-state index contributed by atoms with van der Waals surface area (Å²) in [5.41, 5.74) is 8.62. The summed E-state index contributed by atoms with van der Waals surface area (Å²) in [5, 5.41) is 2.17. The minimum absolute atomic E-state index is 0.0254. The molecule has 0 aliphatic heterocycles. The van der Waals surface area contributed by atoms with Gasteiger partial charge in [0.05, 0.1) is 16.3 Å². The molecule has 6 heteroatoms. The van der Waals surface area contributed by atoms with Crippen molar-refractivity contribution in [1.82, 2.24) is 19.9 Å². The standard InChI is InChI=1S/C43H26N4O2/c48-40-34-18-4-5-20-37(34)49-38-26-32(21-22-35(38)40)30-14-6-13-29(24-30)31-15-7-16-33(25-31)42-45-41(28-10-2-1-3-11-28)46-43(47-42)36-19-8-12-27-17-9-23-44-39(27)36/h1-26H. The molecule has 0 spiro atoms. The second-order valence-corrected chi connectivity index (χ2v) is 11.9. The van der Waals surface area contributed by atoms with Gasteiger partial charge in [0.1, 0.15) is 11.2 Å². The molecular weight excluding hydrogens is 604 g/mol. The molecule has 0 bridgehead atoms. The fourth-order valence-electron chi connectivity index (χ4n) is 6.32. The molecule has 0 atom stereocenters. The molecule has 0 amide bonds. The minimum Gasteiger partial charge on any atom is -0.456 e. The third-order valence-corrected chi connectivity index (χ3v) is 8.77. The fraction of sp³-hybridized carbons (Fsp3) is 0. The van der Waals surface area contributed by atoms with Crippen molar-refractivity contribution in [3.05, 3.63) is 168 Å². The maximum atomic E-state index is 13.1. The first-order valence-corrected chi connectivity index (χ1v) is 16.0. The van der Waals surface area contributed by atoms with Crippen LogP contribution in [0.15, 0.2) is 167 Å². The number of rotatable bonds is 5. The molecule has 9 aromatic rings. The highest BCUT2D eigenvalue weighted by Crippen LogP contribution is 2.33. The summed E-state index contributed by atoms with van der Waals surface area (Å²) >= 11 is 0. The maximum absolute atomic E-state index is 13.1. The summed E-state index contributed by atoms with van der Waals surface area (Å²) in [6.45, 7) is 0. The molecule has 0 saturated carbocycles. The quantitative estimate of drug-likeness (QED) is 0.176. The van der Waals surface area contributed by atoms with Gasteiger partial charge >= 0.3 is 0 Å². The van der Waals surface area contributed by atoms with Gasteiger partial charge in [-0.25, -0.2) is 15.0 Å². The molecule has 0 saturated heterocycles. The highest BCUT2D eigenvalue weighted by molar-refractivity contribution is 5.93. The van der Waals surface area contributed by atoms with Crippen molar-refractivity contribution in [3.63, 3.8) is 0 Å². The van der Waals surface area contributed by atoms with E-state index in [2.05, 4.69) is 35.3 Å². The van der Waals surface area contributed by atoms with Crippen molar-refractivity contribution in [2.45, 2.75) is 0 Å². The van der Waals surface area contributed by atoms with E-state index in [1.165, 1.54) is 0 Å². The molecule has 3 aromatic heterocycles. The predicted octanol–water partition coefficient (Wildman–Crippen LogP) is 10.0. The highest BCUT2D eigenvalue weighted by Gasteiger charge is 2.16. The summed E-state index contributed by atoms with van der Waals surface area (Å²) in [4.78, 5) is 32.7. The number of para-hydroxylation sites is 2. The van der Waals surface area contributed by atoms with E-state index in [4.69, 9.17) is 19.4 Å². The third-order valence-electron chi connectivity index (χ3n) is 8.77. The molecule has 0 aliphatic rings. The molecule has 6 nitrogen and oxygen atoms in total. The zero-order valence-corrected chi connectivity index (χ0v) is 26.1. The van der Waals surface area contributed by atoms with Crippen LogP contribution < -0.4 is 5.43 Å². The Labute approximate surface area is 281 Å². The Morgan fingerprint density at radius 2 is 1.02 bits per heavy atom. The topological polar surface area (TPSA) is 81.8 Å². The summed E-state index contributed by atoms with van der Waals surface area (Å²) in [6, 6.07) is 49.7. The molecule has 0 aliphatic carbocycles. The van der Waals surface area contributed by atoms with E-state index >= 15 is 0 Å². The molecule has 49 heavy (non-hydrogen) atoms. The lowest BCUT2D eigenvalue weighted by atomic mass is 9.97. The van der Waals surface area contributed by atoms with Crippen molar-refractivity contribution in [1.29, 1.82) is 0 Å². The number of benzene rings is 6. The van der Waals surface area contributed by atoms with Crippen molar-refractivity contribution in [2.75, 3.05) is 0 Å². The maximum Gasteiger partial charge on any atom is 0.200 e. The zero-order valence-electron chi connectivity index (χ0n) is 26.1. The largest absolute Gasteiger partial charge is 0.456 e. The van der Waals surface area contributed by atoms with Crippen molar-refractivity contribution < 1.29 is 4.42 Å².